The molecule has 2 aromatic heterocycles. The normalized spacial score (nSPS) is 10.6. The molecule has 0 fully saturated rings. The molecule has 0 unspecified atom stereocenters. The number of nitrogens with one attached hydrogen (secondary N) is 2. The minimum absolute atomic E-state index is 0.0160. The molecule has 0 aliphatic heterocycles. The van der Waals surface area contributed by atoms with Crippen LogP contribution < -0.4 is 5.32 Å². The summed E-state index contributed by atoms with van der Waals surface area (Å²) in [5, 5.41) is 2.93. The smallest absolute Gasteiger partial charge is 0.261 e. The van der Waals surface area contributed by atoms with Gasteiger partial charge >= 0.3 is 0 Å². The first-order valence-electron chi connectivity index (χ1n) is 6.05. The van der Waals surface area contributed by atoms with Gasteiger partial charge in [-0.2, -0.15) is 0 Å². The van der Waals surface area contributed by atoms with E-state index in [0.717, 1.165) is 23.4 Å². The van der Waals surface area contributed by atoms with Gasteiger partial charge in [0.2, 0.25) is 0 Å². The van der Waals surface area contributed by atoms with E-state index in [0.29, 0.717) is 6.54 Å². The second-order valence-corrected chi connectivity index (χ2v) is 5.38. The molecule has 1 amide bonds. The molecule has 0 radical (unpaired) electrons. The number of amides is 1. The second kappa shape index (κ2) is 5.82. The number of hydrogen-bond acceptors (Lipinski definition) is 3. The largest absolute Gasteiger partial charge is 0.351 e. The summed E-state index contributed by atoms with van der Waals surface area (Å²) in [6.45, 7) is 4.79. The molecule has 0 bridgehead atoms. The zero-order valence-electron chi connectivity index (χ0n) is 10.6. The molecule has 96 valence electrons. The van der Waals surface area contributed by atoms with Crippen LogP contribution in [-0.2, 0) is 12.8 Å². The van der Waals surface area contributed by atoms with Gasteiger partial charge in [-0.05, 0) is 25.0 Å². The van der Waals surface area contributed by atoms with Gasteiger partial charge in [0.1, 0.15) is 0 Å². The molecule has 0 aliphatic rings. The number of aromatic nitrogens is 2. The predicted molar refractivity (Wildman–Crippen MR) is 73.1 cm³/mol. The number of rotatable bonds is 5. The average Bonchev–Trinajstić information content (AvgIpc) is 2.98. The van der Waals surface area contributed by atoms with Gasteiger partial charge in [-0.3, -0.25) is 4.79 Å². The topological polar surface area (TPSA) is 57.8 Å². The Kier molecular flexibility index (Phi) is 4.15. The van der Waals surface area contributed by atoms with E-state index in [1.54, 1.807) is 23.9 Å². The van der Waals surface area contributed by atoms with E-state index in [1.165, 1.54) is 10.4 Å². The molecule has 2 aromatic rings. The maximum Gasteiger partial charge on any atom is 0.261 e. The van der Waals surface area contributed by atoms with Gasteiger partial charge in [0.25, 0.3) is 5.91 Å². The van der Waals surface area contributed by atoms with Crippen molar-refractivity contribution in [3.8, 4) is 0 Å². The number of H-pyrrole nitrogens is 1. The number of aromatic amines is 1. The fourth-order valence-electron chi connectivity index (χ4n) is 1.80. The maximum absolute atomic E-state index is 11.9. The Bertz CT molecular complexity index is 516. The van der Waals surface area contributed by atoms with E-state index in [1.807, 2.05) is 6.07 Å². The van der Waals surface area contributed by atoms with E-state index in [2.05, 4.69) is 29.1 Å². The Labute approximate surface area is 110 Å². The Hall–Kier alpha value is -1.62. The van der Waals surface area contributed by atoms with Crippen LogP contribution in [-0.4, -0.2) is 22.4 Å². The summed E-state index contributed by atoms with van der Waals surface area (Å²) in [5.41, 5.74) is 2.30. The van der Waals surface area contributed by atoms with Crippen LogP contribution >= 0.6 is 11.3 Å². The predicted octanol–water partition coefficient (Wildman–Crippen LogP) is 2.31. The number of nitrogens with zero attached hydrogens (tertiary/aromatic N) is 1. The van der Waals surface area contributed by atoms with Crippen LogP contribution in [0.3, 0.4) is 0 Å². The number of imidazole rings is 1. The van der Waals surface area contributed by atoms with Gasteiger partial charge < -0.3 is 10.3 Å². The van der Waals surface area contributed by atoms with E-state index in [4.69, 9.17) is 0 Å². The lowest BCUT2D eigenvalue weighted by atomic mass is 10.2. The summed E-state index contributed by atoms with van der Waals surface area (Å²) in [4.78, 5) is 20.9. The zero-order valence-corrected chi connectivity index (χ0v) is 11.4. The van der Waals surface area contributed by atoms with Crippen LogP contribution in [0.15, 0.2) is 18.6 Å². The number of hydrogen-bond donors (Lipinski definition) is 2. The number of carbonyl (C=O) groups is 1. The Morgan fingerprint density at radius 1 is 1.56 bits per heavy atom. The van der Waals surface area contributed by atoms with Crippen molar-refractivity contribution in [2.75, 3.05) is 6.54 Å². The minimum atomic E-state index is 0.0160. The first kappa shape index (κ1) is 12.8. The molecular weight excluding hydrogens is 246 g/mol. The third kappa shape index (κ3) is 2.98. The number of aryl methyl sites for hydroxylation is 2. The van der Waals surface area contributed by atoms with Crippen molar-refractivity contribution in [3.05, 3.63) is 39.6 Å². The quantitative estimate of drug-likeness (QED) is 0.869. The molecule has 2 heterocycles. The average molecular weight is 263 g/mol. The van der Waals surface area contributed by atoms with Crippen molar-refractivity contribution < 1.29 is 4.79 Å². The molecule has 18 heavy (non-hydrogen) atoms. The lowest BCUT2D eigenvalue weighted by molar-refractivity contribution is 0.0958. The Balaban J connectivity index is 1.87. The second-order valence-electron chi connectivity index (χ2n) is 4.13. The summed E-state index contributed by atoms with van der Waals surface area (Å²) in [6, 6.07) is 1.99. The third-order valence-corrected chi connectivity index (χ3v) is 3.95. The van der Waals surface area contributed by atoms with Crippen molar-refractivity contribution >= 4 is 17.2 Å². The van der Waals surface area contributed by atoms with Gasteiger partial charge in [0.05, 0.1) is 11.2 Å². The summed E-state index contributed by atoms with van der Waals surface area (Å²) in [7, 11) is 0. The first-order chi connectivity index (χ1) is 8.70. The van der Waals surface area contributed by atoms with Gasteiger partial charge in [-0.25, -0.2) is 4.98 Å². The molecule has 4 nitrogen and oxygen atoms in total. The maximum atomic E-state index is 11.9. The first-order valence-corrected chi connectivity index (χ1v) is 6.87. The Morgan fingerprint density at radius 3 is 3.00 bits per heavy atom. The highest BCUT2D eigenvalue weighted by molar-refractivity contribution is 7.14. The minimum Gasteiger partial charge on any atom is -0.351 e. The summed E-state index contributed by atoms with van der Waals surface area (Å²) in [5.74, 6) is 0.0160. The van der Waals surface area contributed by atoms with Crippen LogP contribution in [0.25, 0.3) is 0 Å². The van der Waals surface area contributed by atoms with Gasteiger partial charge in [0.15, 0.2) is 0 Å². The van der Waals surface area contributed by atoms with Crippen LogP contribution in [0.4, 0.5) is 0 Å². The highest BCUT2D eigenvalue weighted by Gasteiger charge is 2.10. The van der Waals surface area contributed by atoms with E-state index in [-0.39, 0.29) is 5.91 Å². The zero-order chi connectivity index (χ0) is 13.0. The summed E-state index contributed by atoms with van der Waals surface area (Å²) in [6.07, 6.45) is 5.17. The van der Waals surface area contributed by atoms with E-state index >= 15 is 0 Å². The highest BCUT2D eigenvalue weighted by Crippen LogP contribution is 2.21. The van der Waals surface area contributed by atoms with Crippen molar-refractivity contribution in [1.82, 2.24) is 15.3 Å². The Morgan fingerprint density at radius 2 is 2.39 bits per heavy atom. The molecule has 2 N–H and O–H groups in total. The van der Waals surface area contributed by atoms with Crippen molar-refractivity contribution in [1.29, 1.82) is 0 Å². The van der Waals surface area contributed by atoms with E-state index in [9.17, 15) is 4.79 Å². The van der Waals surface area contributed by atoms with Crippen molar-refractivity contribution in [2.24, 2.45) is 0 Å². The summed E-state index contributed by atoms with van der Waals surface area (Å²) < 4.78 is 0. The van der Waals surface area contributed by atoms with Gasteiger partial charge in [-0.1, -0.05) is 6.92 Å². The standard InChI is InChI=1S/C13H17N3OS/c1-3-10-6-12(18-9(10)2)13(17)15-5-4-11-7-14-8-16-11/h6-8H,3-5H2,1-2H3,(H,14,16)(H,15,17). The third-order valence-electron chi connectivity index (χ3n) is 2.86. The van der Waals surface area contributed by atoms with Gasteiger partial charge in [-0.15, -0.1) is 11.3 Å². The van der Waals surface area contributed by atoms with E-state index < -0.39 is 0 Å². The van der Waals surface area contributed by atoms with Crippen LogP contribution in [0.2, 0.25) is 0 Å². The van der Waals surface area contributed by atoms with Crippen molar-refractivity contribution in [2.45, 2.75) is 26.7 Å². The highest BCUT2D eigenvalue weighted by atomic mass is 32.1. The lowest BCUT2D eigenvalue weighted by Gasteiger charge is -2.01. The fraction of sp³-hybridized carbons (Fsp3) is 0.385. The molecule has 0 saturated heterocycles. The monoisotopic (exact) mass is 263 g/mol. The molecule has 0 saturated carbocycles. The summed E-state index contributed by atoms with van der Waals surface area (Å²) >= 11 is 1.56. The number of carbonyl (C=O) groups excluding carboxylic acids is 1. The fourth-order valence-corrected chi connectivity index (χ4v) is 2.83. The SMILES string of the molecule is CCc1cc(C(=O)NCCc2cnc[nH]2)sc1C. The van der Waals surface area contributed by atoms with Crippen LogP contribution in [0.1, 0.15) is 32.7 Å². The number of thiophene rings is 1. The molecule has 0 atom stereocenters. The van der Waals surface area contributed by atoms with Crippen LogP contribution in [0, 0.1) is 6.92 Å². The molecule has 0 aromatic carbocycles. The van der Waals surface area contributed by atoms with Crippen molar-refractivity contribution in [3.63, 3.8) is 0 Å². The molecular formula is C13H17N3OS. The lowest BCUT2D eigenvalue weighted by Crippen LogP contribution is -2.24. The van der Waals surface area contributed by atoms with Crippen LogP contribution in [0.5, 0.6) is 0 Å². The molecule has 0 spiro atoms. The molecule has 5 heteroatoms. The molecule has 0 aliphatic carbocycles. The molecule has 2 rings (SSSR count). The van der Waals surface area contributed by atoms with Gasteiger partial charge in [0, 0.05) is 29.7 Å².